The summed E-state index contributed by atoms with van der Waals surface area (Å²) in [5.74, 6) is 0. The summed E-state index contributed by atoms with van der Waals surface area (Å²) in [6.07, 6.45) is 2.50. The van der Waals surface area contributed by atoms with Crippen LogP contribution in [0.4, 0.5) is 0 Å². The molecular weight excluding hydrogens is 164 g/mol. The van der Waals surface area contributed by atoms with Crippen molar-refractivity contribution in [1.29, 1.82) is 0 Å². The second-order valence-electron chi connectivity index (χ2n) is 4.20. The number of nitrogens with one attached hydrogen (secondary N) is 1. The molecule has 2 aliphatic rings. The van der Waals surface area contributed by atoms with Crippen molar-refractivity contribution in [2.75, 3.05) is 32.8 Å². The van der Waals surface area contributed by atoms with Crippen LogP contribution in [-0.2, 0) is 4.74 Å². The van der Waals surface area contributed by atoms with Crippen LogP contribution in [-0.4, -0.2) is 49.8 Å². The lowest BCUT2D eigenvalue weighted by molar-refractivity contribution is 0.148. The number of rotatable bonds is 1. The molecule has 2 aliphatic heterocycles. The lowest BCUT2D eigenvalue weighted by Gasteiger charge is -2.25. The fourth-order valence-corrected chi connectivity index (χ4v) is 2.20. The van der Waals surface area contributed by atoms with E-state index in [0.717, 1.165) is 19.8 Å². The number of ether oxygens (including phenoxy) is 1. The molecule has 2 atom stereocenters. The molecule has 0 radical (unpaired) electrons. The Hall–Kier alpha value is -0.120. The van der Waals surface area contributed by atoms with Gasteiger partial charge in [-0.1, -0.05) is 0 Å². The maximum Gasteiger partial charge on any atom is 0.0622 e. The van der Waals surface area contributed by atoms with E-state index in [0.29, 0.717) is 12.1 Å². The summed E-state index contributed by atoms with van der Waals surface area (Å²) in [6.45, 7) is 7.76. The van der Waals surface area contributed by atoms with Gasteiger partial charge < -0.3 is 10.1 Å². The van der Waals surface area contributed by atoms with E-state index in [1.807, 2.05) is 0 Å². The van der Waals surface area contributed by atoms with Crippen LogP contribution < -0.4 is 5.32 Å². The van der Waals surface area contributed by atoms with E-state index < -0.39 is 0 Å². The minimum Gasteiger partial charge on any atom is -0.380 e. The summed E-state index contributed by atoms with van der Waals surface area (Å²) in [4.78, 5) is 2.59. The molecule has 0 aliphatic carbocycles. The molecule has 2 saturated heterocycles. The molecule has 0 aromatic carbocycles. The third kappa shape index (κ3) is 2.42. The van der Waals surface area contributed by atoms with Gasteiger partial charge in [-0.25, -0.2) is 0 Å². The van der Waals surface area contributed by atoms with E-state index in [2.05, 4.69) is 17.1 Å². The molecule has 2 fully saturated rings. The molecule has 1 N–H and O–H groups in total. The van der Waals surface area contributed by atoms with Gasteiger partial charge >= 0.3 is 0 Å². The van der Waals surface area contributed by atoms with E-state index in [1.165, 1.54) is 25.9 Å². The third-order valence-electron chi connectivity index (χ3n) is 3.16. The first-order valence-electron chi connectivity index (χ1n) is 5.41. The van der Waals surface area contributed by atoms with Crippen LogP contribution in [0.15, 0.2) is 0 Å². The summed E-state index contributed by atoms with van der Waals surface area (Å²) >= 11 is 0. The van der Waals surface area contributed by atoms with Gasteiger partial charge in [0.05, 0.1) is 6.61 Å². The molecule has 0 saturated carbocycles. The van der Waals surface area contributed by atoms with Gasteiger partial charge in [0.15, 0.2) is 0 Å². The number of nitrogens with zero attached hydrogens (tertiary/aromatic N) is 1. The van der Waals surface area contributed by atoms with Crippen LogP contribution in [0.3, 0.4) is 0 Å². The van der Waals surface area contributed by atoms with Crippen molar-refractivity contribution in [2.24, 2.45) is 0 Å². The maximum atomic E-state index is 5.42. The predicted molar refractivity (Wildman–Crippen MR) is 52.9 cm³/mol. The molecule has 2 rings (SSSR count). The molecule has 0 aromatic rings. The van der Waals surface area contributed by atoms with Gasteiger partial charge in [-0.3, -0.25) is 4.90 Å². The fraction of sp³-hybridized carbons (Fsp3) is 1.00. The zero-order valence-electron chi connectivity index (χ0n) is 8.46. The predicted octanol–water partition coefficient (Wildman–Crippen LogP) is 0.459. The minimum atomic E-state index is 0.687. The SMILES string of the molecule is CC1CCN(C2CCOC2)CCN1. The quantitative estimate of drug-likeness (QED) is 0.641. The minimum absolute atomic E-state index is 0.687. The van der Waals surface area contributed by atoms with Crippen LogP contribution in [0.1, 0.15) is 19.8 Å². The summed E-state index contributed by atoms with van der Waals surface area (Å²) in [7, 11) is 0. The summed E-state index contributed by atoms with van der Waals surface area (Å²) in [5.41, 5.74) is 0. The lowest BCUT2D eigenvalue weighted by atomic mass is 10.2. The highest BCUT2D eigenvalue weighted by atomic mass is 16.5. The van der Waals surface area contributed by atoms with E-state index in [4.69, 9.17) is 4.74 Å². The Morgan fingerprint density at radius 2 is 2.23 bits per heavy atom. The van der Waals surface area contributed by atoms with Crippen LogP contribution in [0, 0.1) is 0 Å². The van der Waals surface area contributed by atoms with Gasteiger partial charge in [-0.2, -0.15) is 0 Å². The topological polar surface area (TPSA) is 24.5 Å². The van der Waals surface area contributed by atoms with Crippen molar-refractivity contribution < 1.29 is 4.74 Å². The highest BCUT2D eigenvalue weighted by Crippen LogP contribution is 2.14. The molecule has 3 nitrogen and oxygen atoms in total. The Balaban J connectivity index is 1.84. The maximum absolute atomic E-state index is 5.42. The monoisotopic (exact) mass is 184 g/mol. The van der Waals surface area contributed by atoms with Crippen molar-refractivity contribution in [3.63, 3.8) is 0 Å². The molecule has 76 valence electrons. The van der Waals surface area contributed by atoms with Crippen LogP contribution in [0.5, 0.6) is 0 Å². The zero-order valence-corrected chi connectivity index (χ0v) is 8.46. The fourth-order valence-electron chi connectivity index (χ4n) is 2.20. The average Bonchev–Trinajstić information content (AvgIpc) is 2.56. The van der Waals surface area contributed by atoms with E-state index in [9.17, 15) is 0 Å². The first-order chi connectivity index (χ1) is 6.36. The van der Waals surface area contributed by atoms with Gasteiger partial charge in [-0.05, 0) is 19.8 Å². The van der Waals surface area contributed by atoms with Gasteiger partial charge in [-0.15, -0.1) is 0 Å². The highest BCUT2D eigenvalue weighted by Gasteiger charge is 2.24. The number of hydrogen-bond acceptors (Lipinski definition) is 3. The summed E-state index contributed by atoms with van der Waals surface area (Å²) in [6, 6.07) is 1.39. The Kier molecular flexibility index (Phi) is 3.19. The summed E-state index contributed by atoms with van der Waals surface area (Å²) in [5, 5.41) is 3.52. The lowest BCUT2D eigenvalue weighted by Crippen LogP contribution is -2.38. The molecule has 0 aromatic heterocycles. The molecule has 0 spiro atoms. The van der Waals surface area contributed by atoms with E-state index >= 15 is 0 Å². The Morgan fingerprint density at radius 3 is 3.00 bits per heavy atom. The van der Waals surface area contributed by atoms with Gasteiger partial charge in [0.2, 0.25) is 0 Å². The Morgan fingerprint density at radius 1 is 1.31 bits per heavy atom. The van der Waals surface area contributed by atoms with E-state index in [-0.39, 0.29) is 0 Å². The van der Waals surface area contributed by atoms with Crippen molar-refractivity contribution in [3.05, 3.63) is 0 Å². The Labute approximate surface area is 80.4 Å². The molecule has 2 heterocycles. The van der Waals surface area contributed by atoms with Gasteiger partial charge in [0.25, 0.3) is 0 Å². The van der Waals surface area contributed by atoms with E-state index in [1.54, 1.807) is 0 Å². The Bertz CT molecular complexity index is 157. The van der Waals surface area contributed by atoms with Crippen LogP contribution in [0.25, 0.3) is 0 Å². The molecule has 0 bridgehead atoms. The number of hydrogen-bond donors (Lipinski definition) is 1. The molecule has 2 unspecified atom stereocenters. The normalized spacial score (nSPS) is 37.6. The molecule has 0 amide bonds. The van der Waals surface area contributed by atoms with Crippen molar-refractivity contribution in [1.82, 2.24) is 10.2 Å². The highest BCUT2D eigenvalue weighted by molar-refractivity contribution is 4.80. The summed E-state index contributed by atoms with van der Waals surface area (Å²) < 4.78 is 5.42. The second kappa shape index (κ2) is 4.40. The van der Waals surface area contributed by atoms with Crippen LogP contribution in [0.2, 0.25) is 0 Å². The molecule has 13 heavy (non-hydrogen) atoms. The third-order valence-corrected chi connectivity index (χ3v) is 3.16. The van der Waals surface area contributed by atoms with Crippen molar-refractivity contribution in [2.45, 2.75) is 31.8 Å². The molecular formula is C10H20N2O. The smallest absolute Gasteiger partial charge is 0.0622 e. The van der Waals surface area contributed by atoms with Crippen molar-refractivity contribution >= 4 is 0 Å². The van der Waals surface area contributed by atoms with Gasteiger partial charge in [0, 0.05) is 38.3 Å². The van der Waals surface area contributed by atoms with Crippen molar-refractivity contribution in [3.8, 4) is 0 Å². The van der Waals surface area contributed by atoms with Gasteiger partial charge in [0.1, 0.15) is 0 Å². The molecule has 3 heteroatoms. The second-order valence-corrected chi connectivity index (χ2v) is 4.20. The van der Waals surface area contributed by atoms with Crippen LogP contribution >= 0.6 is 0 Å². The standard InChI is InChI=1S/C10H20N2O/c1-9-2-5-12(6-4-11-9)10-3-7-13-8-10/h9-11H,2-8H2,1H3. The largest absolute Gasteiger partial charge is 0.380 e. The zero-order chi connectivity index (χ0) is 9.10. The first kappa shape index (κ1) is 9.44. The first-order valence-corrected chi connectivity index (χ1v) is 5.41. The average molecular weight is 184 g/mol.